The highest BCUT2D eigenvalue weighted by Crippen LogP contribution is 2.18. The Morgan fingerprint density at radius 2 is 2.10 bits per heavy atom. The number of hydrogen-bond donors (Lipinski definition) is 1. The first-order valence-corrected chi connectivity index (χ1v) is 7.02. The molecule has 0 heterocycles. The number of halogens is 2. The summed E-state index contributed by atoms with van der Waals surface area (Å²) in [6.07, 6.45) is 0. The molecule has 7 heteroatoms. The lowest BCUT2D eigenvalue weighted by Gasteiger charge is -2.12. The highest BCUT2D eigenvalue weighted by atomic mass is 32.2. The first-order valence-electron chi connectivity index (χ1n) is 5.97. The second kappa shape index (κ2) is 7.84. The van der Waals surface area contributed by atoms with Gasteiger partial charge in [0, 0.05) is 6.07 Å². The molecule has 1 atom stereocenters. The minimum Gasteiger partial charge on any atom is -0.465 e. The SMILES string of the molecule is CCOC(=O)CSC(C)C(=O)Nc1cc(F)ccc1F. The van der Waals surface area contributed by atoms with Crippen molar-refractivity contribution in [2.75, 3.05) is 17.7 Å². The van der Waals surface area contributed by atoms with E-state index in [4.69, 9.17) is 4.74 Å². The van der Waals surface area contributed by atoms with E-state index >= 15 is 0 Å². The molecule has 0 bridgehead atoms. The van der Waals surface area contributed by atoms with Crippen LogP contribution in [0.2, 0.25) is 0 Å². The highest BCUT2D eigenvalue weighted by Gasteiger charge is 2.17. The van der Waals surface area contributed by atoms with Gasteiger partial charge in [0.15, 0.2) is 0 Å². The number of carbonyl (C=O) groups is 2. The van der Waals surface area contributed by atoms with Crippen LogP contribution in [0.15, 0.2) is 18.2 Å². The predicted octanol–water partition coefficient (Wildman–Crippen LogP) is 2.59. The van der Waals surface area contributed by atoms with Gasteiger partial charge in [-0.3, -0.25) is 9.59 Å². The number of thioether (sulfide) groups is 1. The van der Waals surface area contributed by atoms with Gasteiger partial charge in [0.2, 0.25) is 5.91 Å². The number of hydrogen-bond acceptors (Lipinski definition) is 4. The minimum absolute atomic E-state index is 0.0219. The summed E-state index contributed by atoms with van der Waals surface area (Å²) in [5.74, 6) is -2.28. The summed E-state index contributed by atoms with van der Waals surface area (Å²) in [5, 5.41) is 1.68. The standard InChI is InChI=1S/C13H15F2NO3S/c1-3-19-12(17)7-20-8(2)13(18)16-11-6-9(14)4-5-10(11)15/h4-6,8H,3,7H2,1-2H3,(H,16,18). The molecular weight excluding hydrogens is 288 g/mol. The van der Waals surface area contributed by atoms with Gasteiger partial charge in [-0.1, -0.05) is 0 Å². The summed E-state index contributed by atoms with van der Waals surface area (Å²) in [6.45, 7) is 3.52. The Bertz CT molecular complexity index is 497. The van der Waals surface area contributed by atoms with Crippen molar-refractivity contribution in [3.05, 3.63) is 29.8 Å². The molecule has 110 valence electrons. The molecule has 0 fully saturated rings. The maximum Gasteiger partial charge on any atom is 0.315 e. The Labute approximate surface area is 119 Å². The summed E-state index contributed by atoms with van der Waals surface area (Å²) >= 11 is 1.06. The van der Waals surface area contributed by atoms with Crippen molar-refractivity contribution in [2.24, 2.45) is 0 Å². The van der Waals surface area contributed by atoms with Crippen molar-refractivity contribution in [3.8, 4) is 0 Å². The molecule has 1 aromatic rings. The fraction of sp³-hybridized carbons (Fsp3) is 0.385. The van der Waals surface area contributed by atoms with Gasteiger partial charge in [-0.15, -0.1) is 11.8 Å². The Hall–Kier alpha value is -1.63. The Morgan fingerprint density at radius 1 is 1.40 bits per heavy atom. The maximum atomic E-state index is 13.3. The van der Waals surface area contributed by atoms with Gasteiger partial charge in [-0.05, 0) is 26.0 Å². The summed E-state index contributed by atoms with van der Waals surface area (Å²) in [4.78, 5) is 22.9. The van der Waals surface area contributed by atoms with Gasteiger partial charge in [-0.2, -0.15) is 0 Å². The molecule has 1 unspecified atom stereocenters. The van der Waals surface area contributed by atoms with E-state index in [1.165, 1.54) is 0 Å². The quantitative estimate of drug-likeness (QED) is 0.821. The van der Waals surface area contributed by atoms with Crippen molar-refractivity contribution < 1.29 is 23.1 Å². The topological polar surface area (TPSA) is 55.4 Å². The molecule has 4 nitrogen and oxygen atoms in total. The molecule has 1 amide bonds. The fourth-order valence-corrected chi connectivity index (χ4v) is 1.98. The average molecular weight is 303 g/mol. The van der Waals surface area contributed by atoms with Crippen LogP contribution in [0.1, 0.15) is 13.8 Å². The molecule has 1 N–H and O–H groups in total. The summed E-state index contributed by atoms with van der Waals surface area (Å²) in [7, 11) is 0. The summed E-state index contributed by atoms with van der Waals surface area (Å²) < 4.78 is 31.0. The Kier molecular flexibility index (Phi) is 6.44. The molecule has 0 radical (unpaired) electrons. The van der Waals surface area contributed by atoms with E-state index in [-0.39, 0.29) is 18.0 Å². The molecule has 0 aromatic heterocycles. The molecule has 0 aliphatic carbocycles. The van der Waals surface area contributed by atoms with Crippen LogP contribution in [0.25, 0.3) is 0 Å². The molecular formula is C13H15F2NO3S. The van der Waals surface area contributed by atoms with Gasteiger partial charge in [0.25, 0.3) is 0 Å². The third-order valence-electron chi connectivity index (χ3n) is 2.31. The fourth-order valence-electron chi connectivity index (χ4n) is 1.30. The number of anilines is 1. The molecule has 1 rings (SSSR count). The predicted molar refractivity (Wildman–Crippen MR) is 73.5 cm³/mol. The second-order valence-electron chi connectivity index (χ2n) is 3.87. The Balaban J connectivity index is 2.53. The molecule has 0 aliphatic rings. The smallest absolute Gasteiger partial charge is 0.315 e. The van der Waals surface area contributed by atoms with Crippen LogP contribution < -0.4 is 5.32 Å². The lowest BCUT2D eigenvalue weighted by atomic mass is 10.3. The molecule has 20 heavy (non-hydrogen) atoms. The molecule has 0 aliphatic heterocycles. The van der Waals surface area contributed by atoms with Crippen molar-refractivity contribution in [3.63, 3.8) is 0 Å². The number of esters is 1. The number of benzene rings is 1. The zero-order chi connectivity index (χ0) is 15.1. The monoisotopic (exact) mass is 303 g/mol. The van der Waals surface area contributed by atoms with Crippen LogP contribution in [0.3, 0.4) is 0 Å². The molecule has 0 saturated heterocycles. The van der Waals surface area contributed by atoms with Gasteiger partial charge in [0.1, 0.15) is 11.6 Å². The highest BCUT2D eigenvalue weighted by molar-refractivity contribution is 8.01. The van der Waals surface area contributed by atoms with E-state index in [9.17, 15) is 18.4 Å². The van der Waals surface area contributed by atoms with Gasteiger partial charge < -0.3 is 10.1 Å². The van der Waals surface area contributed by atoms with Crippen LogP contribution in [0.4, 0.5) is 14.5 Å². The van der Waals surface area contributed by atoms with Crippen LogP contribution in [0, 0.1) is 11.6 Å². The van der Waals surface area contributed by atoms with E-state index in [2.05, 4.69) is 5.32 Å². The minimum atomic E-state index is -0.720. The summed E-state index contributed by atoms with van der Waals surface area (Å²) in [5.41, 5.74) is -0.224. The van der Waals surface area contributed by atoms with Crippen molar-refractivity contribution in [1.29, 1.82) is 0 Å². The lowest BCUT2D eigenvalue weighted by Crippen LogP contribution is -2.24. The van der Waals surface area contributed by atoms with Crippen LogP contribution in [-0.2, 0) is 14.3 Å². The zero-order valence-corrected chi connectivity index (χ0v) is 11.9. The molecule has 1 aromatic carbocycles. The van der Waals surface area contributed by atoms with E-state index in [1.54, 1.807) is 13.8 Å². The maximum absolute atomic E-state index is 13.3. The zero-order valence-electron chi connectivity index (χ0n) is 11.1. The number of ether oxygens (including phenoxy) is 1. The van der Waals surface area contributed by atoms with E-state index < -0.39 is 28.8 Å². The van der Waals surface area contributed by atoms with Crippen LogP contribution >= 0.6 is 11.8 Å². The number of nitrogens with one attached hydrogen (secondary N) is 1. The average Bonchev–Trinajstić information content (AvgIpc) is 2.40. The van der Waals surface area contributed by atoms with Crippen LogP contribution in [-0.4, -0.2) is 29.5 Å². The Morgan fingerprint density at radius 3 is 2.75 bits per heavy atom. The van der Waals surface area contributed by atoms with Crippen molar-refractivity contribution in [1.82, 2.24) is 0 Å². The number of rotatable bonds is 6. The number of amides is 1. The van der Waals surface area contributed by atoms with Gasteiger partial charge in [0.05, 0.1) is 23.3 Å². The van der Waals surface area contributed by atoms with E-state index in [1.807, 2.05) is 0 Å². The first-order chi connectivity index (χ1) is 9.43. The number of carbonyl (C=O) groups excluding carboxylic acids is 2. The first kappa shape index (κ1) is 16.4. The normalized spacial score (nSPS) is 11.8. The van der Waals surface area contributed by atoms with Gasteiger partial charge in [-0.25, -0.2) is 8.78 Å². The van der Waals surface area contributed by atoms with E-state index in [0.29, 0.717) is 0 Å². The van der Waals surface area contributed by atoms with Gasteiger partial charge >= 0.3 is 5.97 Å². The third kappa shape index (κ3) is 5.16. The molecule has 0 saturated carbocycles. The third-order valence-corrected chi connectivity index (χ3v) is 3.43. The van der Waals surface area contributed by atoms with E-state index in [0.717, 1.165) is 30.0 Å². The van der Waals surface area contributed by atoms with Crippen LogP contribution in [0.5, 0.6) is 0 Å². The second-order valence-corrected chi connectivity index (χ2v) is 5.20. The van der Waals surface area contributed by atoms with Crippen molar-refractivity contribution >= 4 is 29.3 Å². The largest absolute Gasteiger partial charge is 0.465 e. The summed E-state index contributed by atoms with van der Waals surface area (Å²) in [6, 6.07) is 2.79. The van der Waals surface area contributed by atoms with Crippen molar-refractivity contribution in [2.45, 2.75) is 19.1 Å². The lowest BCUT2D eigenvalue weighted by molar-refractivity contribution is -0.139. The molecule has 0 spiro atoms.